The monoisotopic (exact) mass is 277 g/mol. The fourth-order valence-corrected chi connectivity index (χ4v) is 2.46. The van der Waals surface area contributed by atoms with Gasteiger partial charge in [0.2, 0.25) is 0 Å². The van der Waals surface area contributed by atoms with Crippen molar-refractivity contribution < 1.29 is 4.52 Å². The Labute approximate surface area is 117 Å². The molecule has 1 aliphatic rings. The molecule has 1 N–H and O–H groups in total. The third-order valence-corrected chi connectivity index (χ3v) is 3.66. The van der Waals surface area contributed by atoms with Crippen molar-refractivity contribution in [1.82, 2.24) is 15.5 Å². The first-order chi connectivity index (χ1) is 9.33. The van der Waals surface area contributed by atoms with Crippen molar-refractivity contribution >= 4 is 11.6 Å². The molecule has 1 saturated heterocycles. The highest BCUT2D eigenvalue weighted by Gasteiger charge is 2.19. The quantitative estimate of drug-likeness (QED) is 0.911. The van der Waals surface area contributed by atoms with Crippen molar-refractivity contribution in [3.8, 4) is 11.5 Å². The van der Waals surface area contributed by atoms with Crippen LogP contribution in [0.3, 0.4) is 0 Å². The Morgan fingerprint density at radius 1 is 1.16 bits per heavy atom. The van der Waals surface area contributed by atoms with Crippen LogP contribution in [0.4, 0.5) is 0 Å². The van der Waals surface area contributed by atoms with Gasteiger partial charge in [-0.2, -0.15) is 4.98 Å². The molecule has 19 heavy (non-hydrogen) atoms. The lowest BCUT2D eigenvalue weighted by Crippen LogP contribution is -2.21. The molecule has 0 bridgehead atoms. The van der Waals surface area contributed by atoms with Crippen LogP contribution in [-0.4, -0.2) is 16.7 Å². The summed E-state index contributed by atoms with van der Waals surface area (Å²) in [6.45, 7) is 1.02. The second-order valence-electron chi connectivity index (χ2n) is 4.82. The number of nitrogens with zero attached hydrogens (tertiary/aromatic N) is 2. The zero-order valence-corrected chi connectivity index (χ0v) is 11.4. The second kappa shape index (κ2) is 5.72. The van der Waals surface area contributed by atoms with E-state index in [1.54, 1.807) is 0 Å². The van der Waals surface area contributed by atoms with E-state index in [1.165, 1.54) is 19.3 Å². The lowest BCUT2D eigenvalue weighted by atomic mass is 10.1. The van der Waals surface area contributed by atoms with Gasteiger partial charge in [-0.05, 0) is 43.7 Å². The maximum atomic E-state index is 5.87. The molecule has 1 unspecified atom stereocenters. The van der Waals surface area contributed by atoms with Crippen molar-refractivity contribution in [2.75, 3.05) is 6.54 Å². The molecule has 5 heteroatoms. The van der Waals surface area contributed by atoms with E-state index in [0.29, 0.717) is 10.9 Å². The highest BCUT2D eigenvalue weighted by molar-refractivity contribution is 6.30. The summed E-state index contributed by atoms with van der Waals surface area (Å²) >= 11 is 5.87. The summed E-state index contributed by atoms with van der Waals surface area (Å²) < 4.78 is 5.34. The van der Waals surface area contributed by atoms with Gasteiger partial charge < -0.3 is 9.84 Å². The van der Waals surface area contributed by atoms with Gasteiger partial charge in [-0.1, -0.05) is 29.6 Å². The van der Waals surface area contributed by atoms with Crippen LogP contribution < -0.4 is 5.32 Å². The predicted octanol–water partition coefficient (Wildman–Crippen LogP) is 3.59. The highest BCUT2D eigenvalue weighted by atomic mass is 35.5. The molecule has 0 spiro atoms. The molecule has 0 aliphatic carbocycles. The van der Waals surface area contributed by atoms with Crippen molar-refractivity contribution in [2.24, 2.45) is 0 Å². The number of benzene rings is 1. The molecule has 1 aromatic heterocycles. The van der Waals surface area contributed by atoms with Crippen molar-refractivity contribution in [1.29, 1.82) is 0 Å². The van der Waals surface area contributed by atoms with Crippen LogP contribution >= 0.6 is 11.6 Å². The van der Waals surface area contributed by atoms with E-state index in [9.17, 15) is 0 Å². The van der Waals surface area contributed by atoms with Gasteiger partial charge in [-0.25, -0.2) is 0 Å². The molecule has 1 fully saturated rings. The van der Waals surface area contributed by atoms with Gasteiger partial charge >= 0.3 is 0 Å². The Hall–Kier alpha value is -1.39. The van der Waals surface area contributed by atoms with Gasteiger partial charge in [0, 0.05) is 10.6 Å². The summed E-state index contributed by atoms with van der Waals surface area (Å²) in [4.78, 5) is 4.49. The maximum absolute atomic E-state index is 5.87. The standard InChI is InChI=1S/C14H16ClN3O/c15-11-7-5-10(6-8-11)14-17-13(18-19-14)12-4-2-1-3-9-16-12/h5-8,12,16H,1-4,9H2. The minimum Gasteiger partial charge on any atom is -0.334 e. The average Bonchev–Trinajstić information content (AvgIpc) is 2.76. The van der Waals surface area contributed by atoms with Gasteiger partial charge in [0.1, 0.15) is 0 Å². The van der Waals surface area contributed by atoms with E-state index in [0.717, 1.165) is 24.4 Å². The van der Waals surface area contributed by atoms with E-state index < -0.39 is 0 Å². The van der Waals surface area contributed by atoms with E-state index in [2.05, 4.69) is 15.5 Å². The zero-order valence-electron chi connectivity index (χ0n) is 10.6. The first kappa shape index (κ1) is 12.6. The molecule has 100 valence electrons. The Morgan fingerprint density at radius 2 is 2.00 bits per heavy atom. The zero-order chi connectivity index (χ0) is 13.1. The molecule has 0 amide bonds. The highest BCUT2D eigenvalue weighted by Crippen LogP contribution is 2.24. The van der Waals surface area contributed by atoms with Crippen LogP contribution in [-0.2, 0) is 0 Å². The summed E-state index contributed by atoms with van der Waals surface area (Å²) in [6, 6.07) is 7.64. The fourth-order valence-electron chi connectivity index (χ4n) is 2.34. The van der Waals surface area contributed by atoms with E-state index in [-0.39, 0.29) is 6.04 Å². The largest absolute Gasteiger partial charge is 0.334 e. The first-order valence-electron chi connectivity index (χ1n) is 6.66. The number of hydrogen-bond acceptors (Lipinski definition) is 4. The minimum atomic E-state index is 0.215. The lowest BCUT2D eigenvalue weighted by molar-refractivity contribution is 0.402. The Kier molecular flexibility index (Phi) is 3.80. The van der Waals surface area contributed by atoms with Gasteiger partial charge in [-0.15, -0.1) is 0 Å². The second-order valence-corrected chi connectivity index (χ2v) is 5.26. The molecule has 2 heterocycles. The SMILES string of the molecule is Clc1ccc(-c2nc(C3CCCCCN3)no2)cc1. The van der Waals surface area contributed by atoms with Crippen LogP contribution in [0.1, 0.15) is 37.5 Å². The molecule has 0 radical (unpaired) electrons. The summed E-state index contributed by atoms with van der Waals surface area (Å²) in [5, 5.41) is 8.27. The van der Waals surface area contributed by atoms with Crippen molar-refractivity contribution in [3.05, 3.63) is 35.1 Å². The van der Waals surface area contributed by atoms with Crippen LogP contribution in [0.2, 0.25) is 5.02 Å². The third kappa shape index (κ3) is 2.96. The van der Waals surface area contributed by atoms with E-state index in [1.807, 2.05) is 24.3 Å². The Bertz CT molecular complexity index is 530. The summed E-state index contributed by atoms with van der Waals surface area (Å²) in [5.74, 6) is 1.31. The molecular weight excluding hydrogens is 262 g/mol. The molecule has 0 saturated carbocycles. The summed E-state index contributed by atoms with van der Waals surface area (Å²) in [5.41, 5.74) is 0.900. The summed E-state index contributed by atoms with van der Waals surface area (Å²) in [7, 11) is 0. The Balaban J connectivity index is 1.80. The van der Waals surface area contributed by atoms with Crippen LogP contribution in [0.25, 0.3) is 11.5 Å². The number of aromatic nitrogens is 2. The normalized spacial score (nSPS) is 20.2. The predicted molar refractivity (Wildman–Crippen MR) is 74.0 cm³/mol. The Morgan fingerprint density at radius 3 is 2.84 bits per heavy atom. The van der Waals surface area contributed by atoms with E-state index >= 15 is 0 Å². The fraction of sp³-hybridized carbons (Fsp3) is 0.429. The first-order valence-corrected chi connectivity index (χ1v) is 7.03. The molecule has 3 rings (SSSR count). The molecule has 1 aliphatic heterocycles. The van der Waals surface area contributed by atoms with Crippen molar-refractivity contribution in [2.45, 2.75) is 31.7 Å². The molecule has 1 aromatic carbocycles. The number of hydrogen-bond donors (Lipinski definition) is 1. The van der Waals surface area contributed by atoms with Gasteiger partial charge in [-0.3, -0.25) is 0 Å². The number of nitrogens with one attached hydrogen (secondary N) is 1. The van der Waals surface area contributed by atoms with Gasteiger partial charge in [0.25, 0.3) is 5.89 Å². The van der Waals surface area contributed by atoms with E-state index in [4.69, 9.17) is 16.1 Å². The average molecular weight is 278 g/mol. The number of halogens is 1. The summed E-state index contributed by atoms with van der Waals surface area (Å²) in [6.07, 6.45) is 4.77. The topological polar surface area (TPSA) is 51.0 Å². The molecule has 1 atom stereocenters. The minimum absolute atomic E-state index is 0.215. The smallest absolute Gasteiger partial charge is 0.257 e. The van der Waals surface area contributed by atoms with Crippen LogP contribution in [0.15, 0.2) is 28.8 Å². The molecule has 4 nitrogen and oxygen atoms in total. The third-order valence-electron chi connectivity index (χ3n) is 3.40. The molecular formula is C14H16ClN3O. The van der Waals surface area contributed by atoms with Gasteiger partial charge in [0.15, 0.2) is 5.82 Å². The lowest BCUT2D eigenvalue weighted by Gasteiger charge is -2.09. The van der Waals surface area contributed by atoms with Crippen LogP contribution in [0.5, 0.6) is 0 Å². The van der Waals surface area contributed by atoms with Crippen molar-refractivity contribution in [3.63, 3.8) is 0 Å². The van der Waals surface area contributed by atoms with Gasteiger partial charge in [0.05, 0.1) is 6.04 Å². The molecule has 2 aromatic rings. The maximum Gasteiger partial charge on any atom is 0.257 e. The van der Waals surface area contributed by atoms with Crippen LogP contribution in [0, 0.1) is 0 Å². The number of rotatable bonds is 2.